The maximum atomic E-state index is 12.5. The highest BCUT2D eigenvalue weighted by Gasteiger charge is 2.20. The molecule has 0 radical (unpaired) electrons. The van der Waals surface area contributed by atoms with E-state index in [2.05, 4.69) is 10.6 Å². The van der Waals surface area contributed by atoms with Gasteiger partial charge in [0, 0.05) is 18.3 Å². The average Bonchev–Trinajstić information content (AvgIpc) is 2.55. The van der Waals surface area contributed by atoms with Crippen molar-refractivity contribution in [2.75, 3.05) is 38.5 Å². The molecule has 0 saturated heterocycles. The van der Waals surface area contributed by atoms with Gasteiger partial charge in [0.25, 0.3) is 0 Å². The van der Waals surface area contributed by atoms with Gasteiger partial charge in [0.2, 0.25) is 17.7 Å². The molecule has 7 heteroatoms. The Bertz CT molecular complexity index is 690. The van der Waals surface area contributed by atoms with Crippen molar-refractivity contribution in [1.82, 2.24) is 15.1 Å². The highest BCUT2D eigenvalue weighted by atomic mass is 16.2. The summed E-state index contributed by atoms with van der Waals surface area (Å²) in [4.78, 5) is 40.0. The van der Waals surface area contributed by atoms with Crippen LogP contribution in [0.4, 0.5) is 5.69 Å². The fourth-order valence-electron chi connectivity index (χ4n) is 2.75. The van der Waals surface area contributed by atoms with E-state index in [-0.39, 0.29) is 42.9 Å². The number of hydrogen-bond donors (Lipinski definition) is 2. The van der Waals surface area contributed by atoms with Gasteiger partial charge in [-0.15, -0.1) is 0 Å². The lowest BCUT2D eigenvalue weighted by atomic mass is 10.1. The van der Waals surface area contributed by atoms with E-state index in [1.807, 2.05) is 59.7 Å². The van der Waals surface area contributed by atoms with Crippen molar-refractivity contribution in [2.24, 2.45) is 0 Å². The van der Waals surface area contributed by atoms with E-state index < -0.39 is 0 Å². The molecule has 3 amide bonds. The standard InChI is InChI=1S/C21H34N4O3/c1-8-25(13-18(27)23-21(4,5)6)14-19(28)24(7)12-17(26)22-20-15(2)10-9-11-16(20)3/h9-11H,8,12-14H2,1-7H3,(H,22,26)(H,23,27). The summed E-state index contributed by atoms with van der Waals surface area (Å²) in [6, 6.07) is 5.80. The molecule has 0 aliphatic rings. The number of amides is 3. The van der Waals surface area contributed by atoms with E-state index in [0.717, 1.165) is 16.8 Å². The molecule has 0 heterocycles. The van der Waals surface area contributed by atoms with Crippen LogP contribution in [0, 0.1) is 13.8 Å². The van der Waals surface area contributed by atoms with Crippen LogP contribution < -0.4 is 10.6 Å². The third kappa shape index (κ3) is 8.08. The molecule has 0 saturated carbocycles. The molecule has 0 aliphatic heterocycles. The van der Waals surface area contributed by atoms with Gasteiger partial charge >= 0.3 is 0 Å². The smallest absolute Gasteiger partial charge is 0.243 e. The van der Waals surface area contributed by atoms with E-state index in [1.54, 1.807) is 11.9 Å². The minimum atomic E-state index is -0.316. The molecule has 0 aliphatic carbocycles. The van der Waals surface area contributed by atoms with E-state index in [1.165, 1.54) is 4.90 Å². The number of nitrogens with zero attached hydrogens (tertiary/aromatic N) is 2. The molecule has 1 aromatic rings. The monoisotopic (exact) mass is 390 g/mol. The predicted molar refractivity (Wildman–Crippen MR) is 112 cm³/mol. The molecule has 0 atom stereocenters. The van der Waals surface area contributed by atoms with Crippen LogP contribution in [0.5, 0.6) is 0 Å². The molecule has 1 aromatic carbocycles. The minimum absolute atomic E-state index is 0.0433. The average molecular weight is 391 g/mol. The number of nitrogens with one attached hydrogen (secondary N) is 2. The van der Waals surface area contributed by atoms with Crippen LogP contribution in [0.25, 0.3) is 0 Å². The summed E-state index contributed by atoms with van der Waals surface area (Å²) in [6.45, 7) is 12.2. The lowest BCUT2D eigenvalue weighted by molar-refractivity contribution is -0.135. The zero-order valence-corrected chi connectivity index (χ0v) is 18.2. The topological polar surface area (TPSA) is 81.8 Å². The Morgan fingerprint density at radius 2 is 1.54 bits per heavy atom. The van der Waals surface area contributed by atoms with Crippen LogP contribution in [0.1, 0.15) is 38.8 Å². The van der Waals surface area contributed by atoms with E-state index in [4.69, 9.17) is 0 Å². The number of anilines is 1. The number of benzene rings is 1. The first-order valence-corrected chi connectivity index (χ1v) is 9.56. The van der Waals surface area contributed by atoms with Crippen molar-refractivity contribution in [3.8, 4) is 0 Å². The summed E-state index contributed by atoms with van der Waals surface area (Å²) in [6.07, 6.45) is 0. The molecule has 0 unspecified atom stereocenters. The van der Waals surface area contributed by atoms with Crippen molar-refractivity contribution >= 4 is 23.4 Å². The zero-order valence-electron chi connectivity index (χ0n) is 18.2. The van der Waals surface area contributed by atoms with Gasteiger partial charge in [0.05, 0.1) is 19.6 Å². The summed E-state index contributed by atoms with van der Waals surface area (Å²) in [5.74, 6) is -0.582. The Labute approximate surface area is 168 Å². The van der Waals surface area contributed by atoms with Gasteiger partial charge in [-0.1, -0.05) is 25.1 Å². The van der Waals surface area contributed by atoms with Crippen molar-refractivity contribution in [3.63, 3.8) is 0 Å². The second-order valence-electron chi connectivity index (χ2n) is 8.17. The fourth-order valence-corrected chi connectivity index (χ4v) is 2.75. The highest BCUT2D eigenvalue weighted by Crippen LogP contribution is 2.19. The van der Waals surface area contributed by atoms with E-state index >= 15 is 0 Å². The summed E-state index contributed by atoms with van der Waals surface area (Å²) in [5.41, 5.74) is 2.42. The van der Waals surface area contributed by atoms with Crippen molar-refractivity contribution in [2.45, 2.75) is 47.1 Å². The number of carbonyl (C=O) groups is 3. The number of carbonyl (C=O) groups excluding carboxylic acids is 3. The van der Waals surface area contributed by atoms with Crippen LogP contribution >= 0.6 is 0 Å². The Hall–Kier alpha value is -2.41. The largest absolute Gasteiger partial charge is 0.350 e. The van der Waals surface area contributed by atoms with Crippen LogP contribution in [-0.2, 0) is 14.4 Å². The van der Waals surface area contributed by atoms with Crippen LogP contribution in [-0.4, -0.2) is 66.3 Å². The SMILES string of the molecule is CCN(CC(=O)NC(C)(C)C)CC(=O)N(C)CC(=O)Nc1c(C)cccc1C. The molecule has 2 N–H and O–H groups in total. The maximum Gasteiger partial charge on any atom is 0.243 e. The van der Waals surface area contributed by atoms with E-state index in [0.29, 0.717) is 6.54 Å². The Balaban J connectivity index is 2.58. The Morgan fingerprint density at radius 3 is 2.04 bits per heavy atom. The number of aryl methyl sites for hydroxylation is 2. The first-order valence-electron chi connectivity index (χ1n) is 9.56. The van der Waals surface area contributed by atoms with Crippen molar-refractivity contribution in [3.05, 3.63) is 29.3 Å². The molecule has 0 spiro atoms. The number of likely N-dealkylation sites (N-methyl/N-ethyl adjacent to an activating group) is 2. The zero-order chi connectivity index (χ0) is 21.5. The summed E-state index contributed by atoms with van der Waals surface area (Å²) in [7, 11) is 1.59. The van der Waals surface area contributed by atoms with Gasteiger partial charge in [-0.05, 0) is 52.3 Å². The molecule has 1 rings (SSSR count). The maximum absolute atomic E-state index is 12.5. The summed E-state index contributed by atoms with van der Waals surface area (Å²) >= 11 is 0. The third-order valence-corrected chi connectivity index (χ3v) is 4.24. The van der Waals surface area contributed by atoms with Crippen LogP contribution in [0.2, 0.25) is 0 Å². The van der Waals surface area contributed by atoms with Gasteiger partial charge < -0.3 is 15.5 Å². The quantitative estimate of drug-likeness (QED) is 0.711. The minimum Gasteiger partial charge on any atom is -0.350 e. The Morgan fingerprint density at radius 1 is 0.964 bits per heavy atom. The third-order valence-electron chi connectivity index (χ3n) is 4.24. The van der Waals surface area contributed by atoms with Gasteiger partial charge in [-0.3, -0.25) is 19.3 Å². The van der Waals surface area contributed by atoms with Crippen molar-refractivity contribution in [1.29, 1.82) is 0 Å². The van der Waals surface area contributed by atoms with Crippen molar-refractivity contribution < 1.29 is 14.4 Å². The summed E-state index contributed by atoms with van der Waals surface area (Å²) in [5, 5.41) is 5.77. The first kappa shape index (κ1) is 23.6. The van der Waals surface area contributed by atoms with Gasteiger partial charge in [0.15, 0.2) is 0 Å². The van der Waals surface area contributed by atoms with Gasteiger partial charge in [-0.2, -0.15) is 0 Å². The van der Waals surface area contributed by atoms with Gasteiger partial charge in [0.1, 0.15) is 0 Å². The van der Waals surface area contributed by atoms with E-state index in [9.17, 15) is 14.4 Å². The van der Waals surface area contributed by atoms with Crippen LogP contribution in [0.3, 0.4) is 0 Å². The molecular weight excluding hydrogens is 356 g/mol. The first-order chi connectivity index (χ1) is 12.9. The summed E-state index contributed by atoms with van der Waals surface area (Å²) < 4.78 is 0. The van der Waals surface area contributed by atoms with Gasteiger partial charge in [-0.25, -0.2) is 0 Å². The van der Waals surface area contributed by atoms with Crippen LogP contribution in [0.15, 0.2) is 18.2 Å². The number of para-hydroxylation sites is 1. The molecule has 7 nitrogen and oxygen atoms in total. The second-order valence-corrected chi connectivity index (χ2v) is 8.17. The Kier molecular flexibility index (Phi) is 8.63. The molecule has 0 bridgehead atoms. The molecule has 0 fully saturated rings. The molecule has 156 valence electrons. The normalized spacial score (nSPS) is 11.3. The second kappa shape index (κ2) is 10.2. The lowest BCUT2D eigenvalue weighted by Gasteiger charge is -2.26. The number of rotatable bonds is 8. The fraction of sp³-hybridized carbons (Fsp3) is 0.571. The molecule has 0 aromatic heterocycles. The highest BCUT2D eigenvalue weighted by molar-refractivity contribution is 5.96. The number of hydrogen-bond acceptors (Lipinski definition) is 4. The lowest BCUT2D eigenvalue weighted by Crippen LogP contribution is -2.48. The molecule has 28 heavy (non-hydrogen) atoms. The molecular formula is C21H34N4O3. The predicted octanol–water partition coefficient (Wildman–Crippen LogP) is 1.94.